The molecule has 0 aliphatic rings. The minimum atomic E-state index is 0.686. The maximum Gasteiger partial charge on any atom is 0.191 e. The van der Waals surface area contributed by atoms with Gasteiger partial charge in [-0.1, -0.05) is 44.2 Å². The van der Waals surface area contributed by atoms with Crippen molar-refractivity contribution in [2.24, 2.45) is 4.99 Å². The topological polar surface area (TPSA) is 39.7 Å². The SMILES string of the molecule is CCNC(=NCc1cccc(CN(CC)CC)c1)NCc1cccs1. The quantitative estimate of drug-likeness (QED) is 0.528. The van der Waals surface area contributed by atoms with Gasteiger partial charge in [-0.2, -0.15) is 0 Å². The molecule has 2 N–H and O–H groups in total. The normalized spacial score (nSPS) is 11.8. The fourth-order valence-electron chi connectivity index (χ4n) is 2.63. The molecule has 2 aromatic rings. The molecular weight excluding hydrogens is 328 g/mol. The summed E-state index contributed by atoms with van der Waals surface area (Å²) in [7, 11) is 0. The van der Waals surface area contributed by atoms with E-state index in [0.29, 0.717) is 6.54 Å². The van der Waals surface area contributed by atoms with Gasteiger partial charge in [0.05, 0.1) is 13.1 Å². The van der Waals surface area contributed by atoms with Crippen molar-refractivity contribution < 1.29 is 0 Å². The molecule has 1 aromatic carbocycles. The van der Waals surface area contributed by atoms with E-state index in [9.17, 15) is 0 Å². The van der Waals surface area contributed by atoms with Gasteiger partial charge in [0, 0.05) is 18.0 Å². The smallest absolute Gasteiger partial charge is 0.191 e. The Morgan fingerprint density at radius 2 is 1.84 bits per heavy atom. The largest absolute Gasteiger partial charge is 0.357 e. The number of nitrogens with zero attached hydrogens (tertiary/aromatic N) is 2. The first kappa shape index (κ1) is 19.5. The minimum absolute atomic E-state index is 0.686. The van der Waals surface area contributed by atoms with Gasteiger partial charge in [-0.3, -0.25) is 4.90 Å². The summed E-state index contributed by atoms with van der Waals surface area (Å²) in [6, 6.07) is 13.0. The van der Waals surface area contributed by atoms with Crippen molar-refractivity contribution in [2.45, 2.75) is 40.4 Å². The molecule has 25 heavy (non-hydrogen) atoms. The molecule has 0 atom stereocenters. The van der Waals surface area contributed by atoms with E-state index in [4.69, 9.17) is 4.99 Å². The van der Waals surface area contributed by atoms with Crippen molar-refractivity contribution >= 4 is 17.3 Å². The number of rotatable bonds is 9. The molecule has 5 heteroatoms. The maximum atomic E-state index is 4.73. The van der Waals surface area contributed by atoms with Gasteiger partial charge < -0.3 is 10.6 Å². The summed E-state index contributed by atoms with van der Waals surface area (Å²) < 4.78 is 0. The lowest BCUT2D eigenvalue weighted by atomic mass is 10.1. The Labute approximate surface area is 156 Å². The average Bonchev–Trinajstić information content (AvgIpc) is 3.16. The summed E-state index contributed by atoms with van der Waals surface area (Å²) in [4.78, 5) is 8.47. The monoisotopic (exact) mass is 358 g/mol. The number of aliphatic imine (C=N–C) groups is 1. The van der Waals surface area contributed by atoms with Gasteiger partial charge in [-0.05, 0) is 42.6 Å². The molecule has 0 unspecified atom stereocenters. The van der Waals surface area contributed by atoms with E-state index in [-0.39, 0.29) is 0 Å². The number of hydrogen-bond donors (Lipinski definition) is 2. The zero-order chi connectivity index (χ0) is 17.9. The van der Waals surface area contributed by atoms with Crippen LogP contribution >= 0.6 is 11.3 Å². The van der Waals surface area contributed by atoms with Gasteiger partial charge in [0.2, 0.25) is 0 Å². The van der Waals surface area contributed by atoms with Gasteiger partial charge in [0.15, 0.2) is 5.96 Å². The Hall–Kier alpha value is -1.85. The second-order valence-corrected chi connectivity index (χ2v) is 6.94. The van der Waals surface area contributed by atoms with E-state index in [1.807, 2.05) is 0 Å². The summed E-state index contributed by atoms with van der Waals surface area (Å²) in [5, 5.41) is 8.81. The van der Waals surface area contributed by atoms with Gasteiger partial charge in [0.25, 0.3) is 0 Å². The van der Waals surface area contributed by atoms with Crippen molar-refractivity contribution in [3.8, 4) is 0 Å². The van der Waals surface area contributed by atoms with Crippen molar-refractivity contribution in [3.05, 3.63) is 57.8 Å². The number of thiophene rings is 1. The highest BCUT2D eigenvalue weighted by molar-refractivity contribution is 7.09. The molecule has 0 fully saturated rings. The zero-order valence-electron chi connectivity index (χ0n) is 15.6. The van der Waals surface area contributed by atoms with Crippen molar-refractivity contribution in [3.63, 3.8) is 0 Å². The van der Waals surface area contributed by atoms with Crippen LogP contribution < -0.4 is 10.6 Å². The third-order valence-electron chi connectivity index (χ3n) is 4.07. The molecule has 0 radical (unpaired) electrons. The highest BCUT2D eigenvalue weighted by Gasteiger charge is 2.03. The van der Waals surface area contributed by atoms with Crippen molar-refractivity contribution in [1.82, 2.24) is 15.5 Å². The van der Waals surface area contributed by atoms with E-state index in [2.05, 4.69) is 78.1 Å². The van der Waals surface area contributed by atoms with Crippen LogP contribution in [0.5, 0.6) is 0 Å². The highest BCUT2D eigenvalue weighted by Crippen LogP contribution is 2.10. The lowest BCUT2D eigenvalue weighted by Crippen LogP contribution is -2.36. The molecule has 4 nitrogen and oxygen atoms in total. The van der Waals surface area contributed by atoms with Crippen LogP contribution in [0.15, 0.2) is 46.8 Å². The fourth-order valence-corrected chi connectivity index (χ4v) is 3.27. The van der Waals surface area contributed by atoms with Crippen LogP contribution in [0, 0.1) is 0 Å². The second kappa shape index (κ2) is 10.9. The molecular formula is C20H30N4S. The van der Waals surface area contributed by atoms with Gasteiger partial charge in [-0.15, -0.1) is 11.3 Å². The predicted octanol–water partition coefficient (Wildman–Crippen LogP) is 3.85. The summed E-state index contributed by atoms with van der Waals surface area (Å²) in [6.07, 6.45) is 0. The number of guanidine groups is 1. The van der Waals surface area contributed by atoms with E-state index in [1.165, 1.54) is 16.0 Å². The Kier molecular flexibility index (Phi) is 8.49. The Morgan fingerprint density at radius 3 is 2.52 bits per heavy atom. The van der Waals surface area contributed by atoms with E-state index < -0.39 is 0 Å². The maximum absolute atomic E-state index is 4.73. The molecule has 0 spiro atoms. The summed E-state index contributed by atoms with van der Waals surface area (Å²) in [5.41, 5.74) is 2.60. The standard InChI is InChI=1S/C20H30N4S/c1-4-21-20(23-15-19-11-8-12-25-19)22-14-17-9-7-10-18(13-17)16-24(5-2)6-3/h7-13H,4-6,14-16H2,1-3H3,(H2,21,22,23). The van der Waals surface area contributed by atoms with Crippen LogP contribution in [0.25, 0.3) is 0 Å². The van der Waals surface area contributed by atoms with Crippen LogP contribution in [0.4, 0.5) is 0 Å². The lowest BCUT2D eigenvalue weighted by molar-refractivity contribution is 0.296. The highest BCUT2D eigenvalue weighted by atomic mass is 32.1. The molecule has 0 amide bonds. The zero-order valence-corrected chi connectivity index (χ0v) is 16.4. The van der Waals surface area contributed by atoms with Crippen LogP contribution in [0.2, 0.25) is 0 Å². The molecule has 1 heterocycles. The number of benzene rings is 1. The lowest BCUT2D eigenvalue weighted by Gasteiger charge is -2.18. The summed E-state index contributed by atoms with van der Waals surface area (Å²) >= 11 is 1.76. The Morgan fingerprint density at radius 1 is 1.04 bits per heavy atom. The number of nitrogens with one attached hydrogen (secondary N) is 2. The molecule has 0 aliphatic carbocycles. The third kappa shape index (κ3) is 6.88. The predicted molar refractivity (Wildman–Crippen MR) is 109 cm³/mol. The van der Waals surface area contributed by atoms with E-state index >= 15 is 0 Å². The summed E-state index contributed by atoms with van der Waals surface area (Å²) in [6.45, 7) is 12.0. The fraction of sp³-hybridized carbons (Fsp3) is 0.450. The van der Waals surface area contributed by atoms with Crippen molar-refractivity contribution in [2.75, 3.05) is 19.6 Å². The van der Waals surface area contributed by atoms with Crippen LogP contribution in [0.3, 0.4) is 0 Å². The van der Waals surface area contributed by atoms with Crippen LogP contribution in [0.1, 0.15) is 36.8 Å². The Bertz CT molecular complexity index is 633. The first-order valence-corrected chi connectivity index (χ1v) is 9.97. The van der Waals surface area contributed by atoms with E-state index in [1.54, 1.807) is 11.3 Å². The first-order chi connectivity index (χ1) is 12.2. The average molecular weight is 359 g/mol. The van der Waals surface area contributed by atoms with Crippen LogP contribution in [-0.2, 0) is 19.6 Å². The molecule has 1 aromatic heterocycles. The molecule has 2 rings (SSSR count). The molecule has 0 saturated carbocycles. The second-order valence-electron chi connectivity index (χ2n) is 5.91. The van der Waals surface area contributed by atoms with E-state index in [0.717, 1.165) is 38.7 Å². The summed E-state index contributed by atoms with van der Waals surface area (Å²) in [5.74, 6) is 0.866. The van der Waals surface area contributed by atoms with Crippen molar-refractivity contribution in [1.29, 1.82) is 0 Å². The van der Waals surface area contributed by atoms with Gasteiger partial charge in [-0.25, -0.2) is 4.99 Å². The molecule has 0 bridgehead atoms. The van der Waals surface area contributed by atoms with Crippen LogP contribution in [-0.4, -0.2) is 30.5 Å². The van der Waals surface area contributed by atoms with Gasteiger partial charge >= 0.3 is 0 Å². The number of hydrogen-bond acceptors (Lipinski definition) is 3. The molecule has 136 valence electrons. The first-order valence-electron chi connectivity index (χ1n) is 9.09. The minimum Gasteiger partial charge on any atom is -0.357 e. The molecule has 0 aliphatic heterocycles. The van der Waals surface area contributed by atoms with Gasteiger partial charge in [0.1, 0.15) is 0 Å². The Balaban J connectivity index is 1.96. The molecule has 0 saturated heterocycles. The third-order valence-corrected chi connectivity index (χ3v) is 4.94.